The largest absolute Gasteiger partial charge is 0.455 e. The van der Waals surface area contributed by atoms with Gasteiger partial charge in [0.05, 0.1) is 13.7 Å². The summed E-state index contributed by atoms with van der Waals surface area (Å²) in [7, 11) is 0. The van der Waals surface area contributed by atoms with Gasteiger partial charge >= 0.3 is 0 Å². The average Bonchev–Trinajstić information content (AvgIpc) is 3.51. The van der Waals surface area contributed by atoms with E-state index in [0.717, 1.165) is 27.3 Å². The van der Waals surface area contributed by atoms with Gasteiger partial charge in [-0.25, -0.2) is 0 Å². The quantitative estimate of drug-likeness (QED) is 0.217. The molecule has 0 spiro atoms. The Kier molecular flexibility index (Phi) is 3.16. The molecule has 0 radical (unpaired) electrons. The standard InChI is InChI=1S/C38H24O/c1-3-13-25(14-4-1)27-21-11-22-32-33-23-12-24-34(38(33)39-37(27)32)36-30-19-9-7-17-28(30)35(26-15-5-2-6-16-26)29-18-8-10-20-31(29)36/h1-24H/i1D,2D,3D,4D,5D,6D,13D,14D,15D,16D. The number of hydrogen-bond donors (Lipinski definition) is 0. The third-order valence-electron chi connectivity index (χ3n) is 7.24. The SMILES string of the molecule is [2H]c1c([2H])c([2H])c(-c2c3ccccc3c(-c3cccc4c3oc3c(-c5c([2H])c([2H])c([2H])c([2H])c5[2H])cccc34)c3ccccc23)c([2H])c1[2H]. The van der Waals surface area contributed by atoms with Gasteiger partial charge in [-0.2, -0.15) is 0 Å². The maximum atomic E-state index is 8.82. The topological polar surface area (TPSA) is 13.1 Å². The van der Waals surface area contributed by atoms with Crippen molar-refractivity contribution in [3.63, 3.8) is 0 Å². The third kappa shape index (κ3) is 3.34. The number of fused-ring (bicyclic) bond motifs is 5. The summed E-state index contributed by atoms with van der Waals surface area (Å²) in [6.45, 7) is 0. The first-order valence-corrected chi connectivity index (χ1v) is 12.6. The van der Waals surface area contributed by atoms with Gasteiger partial charge in [0.1, 0.15) is 11.2 Å². The molecule has 8 rings (SSSR count). The molecule has 39 heavy (non-hydrogen) atoms. The van der Waals surface area contributed by atoms with Crippen LogP contribution in [-0.4, -0.2) is 0 Å². The molecular weight excluding hydrogens is 472 g/mol. The lowest BCUT2D eigenvalue weighted by Crippen LogP contribution is -1.90. The van der Waals surface area contributed by atoms with Gasteiger partial charge in [0.25, 0.3) is 0 Å². The molecule has 1 nitrogen and oxygen atoms in total. The van der Waals surface area contributed by atoms with Crippen LogP contribution in [0.2, 0.25) is 0 Å². The molecule has 1 heteroatoms. The first-order chi connectivity index (χ1) is 23.5. The highest BCUT2D eigenvalue weighted by molar-refractivity contribution is 6.24. The van der Waals surface area contributed by atoms with E-state index in [0.29, 0.717) is 38.5 Å². The lowest BCUT2D eigenvalue weighted by molar-refractivity contribution is 0.671. The fraction of sp³-hybridized carbons (Fsp3) is 0. The van der Waals surface area contributed by atoms with Gasteiger partial charge in [-0.05, 0) is 38.2 Å². The molecule has 0 saturated carbocycles. The minimum Gasteiger partial charge on any atom is -0.455 e. The molecule has 0 fully saturated rings. The maximum Gasteiger partial charge on any atom is 0.143 e. The predicted molar refractivity (Wildman–Crippen MR) is 165 cm³/mol. The van der Waals surface area contributed by atoms with Gasteiger partial charge in [0.2, 0.25) is 0 Å². The second kappa shape index (κ2) is 8.72. The summed E-state index contributed by atoms with van der Waals surface area (Å²) in [5.74, 6) is 0. The van der Waals surface area contributed by atoms with Crippen molar-refractivity contribution in [1.29, 1.82) is 0 Å². The Morgan fingerprint density at radius 2 is 0.821 bits per heavy atom. The highest BCUT2D eigenvalue weighted by Crippen LogP contribution is 2.47. The van der Waals surface area contributed by atoms with E-state index < -0.39 is 36.3 Å². The molecule has 182 valence electrons. The summed E-state index contributed by atoms with van der Waals surface area (Å²) >= 11 is 0. The summed E-state index contributed by atoms with van der Waals surface area (Å²) in [4.78, 5) is 0. The minimum atomic E-state index is -0.469. The summed E-state index contributed by atoms with van der Waals surface area (Å²) in [5.41, 5.74) is 3.55. The summed E-state index contributed by atoms with van der Waals surface area (Å²) in [6, 6.07) is 22.5. The number of para-hydroxylation sites is 2. The highest BCUT2D eigenvalue weighted by atomic mass is 16.3. The van der Waals surface area contributed by atoms with Crippen LogP contribution >= 0.6 is 0 Å². The van der Waals surface area contributed by atoms with E-state index in [9.17, 15) is 0 Å². The van der Waals surface area contributed by atoms with E-state index in [2.05, 4.69) is 0 Å². The monoisotopic (exact) mass is 506 g/mol. The van der Waals surface area contributed by atoms with Crippen molar-refractivity contribution in [2.45, 2.75) is 0 Å². The number of rotatable bonds is 3. The molecule has 0 unspecified atom stereocenters. The molecule has 0 aliphatic carbocycles. The Hall–Kier alpha value is -5.14. The van der Waals surface area contributed by atoms with Crippen LogP contribution in [0, 0.1) is 0 Å². The van der Waals surface area contributed by atoms with E-state index >= 15 is 0 Å². The zero-order chi connectivity index (χ0) is 34.5. The number of benzene rings is 7. The van der Waals surface area contributed by atoms with Gasteiger partial charge in [0, 0.05) is 27.5 Å². The van der Waals surface area contributed by atoms with E-state index in [4.69, 9.17) is 18.1 Å². The van der Waals surface area contributed by atoms with Crippen molar-refractivity contribution in [3.8, 4) is 33.4 Å². The van der Waals surface area contributed by atoms with E-state index in [1.165, 1.54) is 0 Å². The van der Waals surface area contributed by atoms with Crippen LogP contribution in [0.4, 0.5) is 0 Å². The summed E-state index contributed by atoms with van der Waals surface area (Å²) in [5, 5.41) is 4.43. The fourth-order valence-electron chi connectivity index (χ4n) is 5.66. The molecule has 0 aliphatic heterocycles. The molecule has 1 aromatic heterocycles. The summed E-state index contributed by atoms with van der Waals surface area (Å²) < 4.78 is 91.1. The molecule has 0 amide bonds. The zero-order valence-electron chi connectivity index (χ0n) is 30.5. The number of hydrogen-bond acceptors (Lipinski definition) is 1. The molecule has 8 aromatic rings. The van der Waals surface area contributed by atoms with Crippen LogP contribution in [0.25, 0.3) is 76.9 Å². The van der Waals surface area contributed by atoms with E-state index in [1.807, 2.05) is 72.8 Å². The van der Waals surface area contributed by atoms with Gasteiger partial charge in [-0.15, -0.1) is 0 Å². The molecule has 0 bridgehead atoms. The van der Waals surface area contributed by atoms with Crippen LogP contribution in [0.15, 0.2) is 150 Å². The van der Waals surface area contributed by atoms with Crippen molar-refractivity contribution in [2.24, 2.45) is 0 Å². The van der Waals surface area contributed by atoms with Crippen molar-refractivity contribution >= 4 is 43.5 Å². The molecule has 0 N–H and O–H groups in total. The van der Waals surface area contributed by atoms with Gasteiger partial charge in [0.15, 0.2) is 0 Å². The lowest BCUT2D eigenvalue weighted by atomic mass is 9.85. The third-order valence-corrected chi connectivity index (χ3v) is 7.24. The van der Waals surface area contributed by atoms with Crippen molar-refractivity contribution < 1.29 is 18.1 Å². The van der Waals surface area contributed by atoms with Gasteiger partial charge < -0.3 is 4.42 Å². The minimum absolute atomic E-state index is 0.0519. The van der Waals surface area contributed by atoms with Gasteiger partial charge in [-0.1, -0.05) is 145 Å². The first kappa shape index (κ1) is 14.1. The Bertz CT molecular complexity index is 2620. The smallest absolute Gasteiger partial charge is 0.143 e. The van der Waals surface area contributed by atoms with Gasteiger partial charge in [-0.3, -0.25) is 0 Å². The normalized spacial score (nSPS) is 15.2. The van der Waals surface area contributed by atoms with E-state index in [-0.39, 0.29) is 35.3 Å². The van der Waals surface area contributed by atoms with Crippen LogP contribution in [-0.2, 0) is 0 Å². The Morgan fingerprint density at radius 1 is 0.385 bits per heavy atom. The molecule has 0 atom stereocenters. The molecule has 0 saturated heterocycles. The summed E-state index contributed by atoms with van der Waals surface area (Å²) in [6.07, 6.45) is 0. The van der Waals surface area contributed by atoms with Crippen LogP contribution in [0.1, 0.15) is 13.7 Å². The molecule has 7 aromatic carbocycles. The van der Waals surface area contributed by atoms with Crippen molar-refractivity contribution in [2.75, 3.05) is 0 Å². The predicted octanol–water partition coefficient (Wildman–Crippen LogP) is 10.9. The van der Waals surface area contributed by atoms with Crippen LogP contribution in [0.5, 0.6) is 0 Å². The molecule has 1 heterocycles. The first-order valence-electron chi connectivity index (χ1n) is 17.6. The molecule has 0 aliphatic rings. The lowest BCUT2D eigenvalue weighted by Gasteiger charge is -2.17. The Morgan fingerprint density at radius 3 is 1.38 bits per heavy atom. The van der Waals surface area contributed by atoms with Crippen molar-refractivity contribution in [3.05, 3.63) is 145 Å². The number of furan rings is 1. The highest BCUT2D eigenvalue weighted by Gasteiger charge is 2.20. The molecular formula is C38H24O. The Labute approximate surface area is 240 Å². The van der Waals surface area contributed by atoms with Crippen LogP contribution < -0.4 is 0 Å². The average molecular weight is 507 g/mol. The van der Waals surface area contributed by atoms with Crippen LogP contribution in [0.3, 0.4) is 0 Å². The zero-order valence-corrected chi connectivity index (χ0v) is 20.5. The second-order valence-corrected chi connectivity index (χ2v) is 9.31. The van der Waals surface area contributed by atoms with Crippen molar-refractivity contribution in [1.82, 2.24) is 0 Å². The Balaban J connectivity index is 1.50. The second-order valence-electron chi connectivity index (χ2n) is 9.31. The fourth-order valence-corrected chi connectivity index (χ4v) is 5.66. The maximum absolute atomic E-state index is 8.82. The van der Waals surface area contributed by atoms with E-state index in [1.54, 1.807) is 12.1 Å².